The molecule has 0 aromatic carbocycles. The lowest BCUT2D eigenvalue weighted by Gasteiger charge is -2.03. The summed E-state index contributed by atoms with van der Waals surface area (Å²) < 4.78 is 4.11. The third-order valence-corrected chi connectivity index (χ3v) is 1.85. The van der Waals surface area contributed by atoms with Gasteiger partial charge in [-0.2, -0.15) is 0 Å². The monoisotopic (exact) mass is 304 g/mol. The Morgan fingerprint density at radius 1 is 1.24 bits per heavy atom. The first-order valence-electron chi connectivity index (χ1n) is 5.73. The van der Waals surface area contributed by atoms with Crippen molar-refractivity contribution < 1.29 is 29.3 Å². The molecular weight excluding hydrogens is 284 g/mol. The number of carbonyl (C=O) groups excluding carboxylic acids is 1. The molecule has 8 N–H and O–H groups in total. The molecule has 0 saturated heterocycles. The minimum atomic E-state index is -1.17. The molecule has 0 radical (unpaired) electrons. The Hall–Kier alpha value is -2.62. The molecule has 0 saturated carbocycles. The molecule has 0 bridgehead atoms. The van der Waals surface area contributed by atoms with Crippen LogP contribution < -0.4 is 17.2 Å². The van der Waals surface area contributed by atoms with Crippen LogP contribution >= 0.6 is 0 Å². The zero-order chi connectivity index (χ0) is 16.8. The summed E-state index contributed by atoms with van der Waals surface area (Å²) in [6.07, 6.45) is 2.51. The van der Waals surface area contributed by atoms with Crippen molar-refractivity contribution in [1.82, 2.24) is 0 Å². The summed E-state index contributed by atoms with van der Waals surface area (Å²) in [5.41, 5.74) is 15.3. The second kappa shape index (κ2) is 12.4. The number of hydrogen-bond donors (Lipinski definition) is 5. The van der Waals surface area contributed by atoms with Crippen LogP contribution in [0.4, 0.5) is 0 Å². The number of rotatable bonds is 7. The molecule has 120 valence electrons. The highest BCUT2D eigenvalue weighted by molar-refractivity contribution is 5.90. The van der Waals surface area contributed by atoms with Crippen molar-refractivity contribution in [2.75, 3.05) is 13.7 Å². The summed E-state index contributed by atoms with van der Waals surface area (Å²) in [6, 6.07) is -0.820. The van der Waals surface area contributed by atoms with Crippen LogP contribution in [0.5, 0.6) is 0 Å². The van der Waals surface area contributed by atoms with Crippen LogP contribution in [0, 0.1) is 0 Å². The molecule has 10 heteroatoms. The molecular formula is C11H20N4O6. The van der Waals surface area contributed by atoms with Gasteiger partial charge in [0.2, 0.25) is 0 Å². The van der Waals surface area contributed by atoms with E-state index in [1.165, 1.54) is 7.11 Å². The Bertz CT molecular complexity index is 404. The van der Waals surface area contributed by atoms with Crippen LogP contribution in [0.15, 0.2) is 17.1 Å². The number of nitrogens with two attached hydrogens (primary N) is 3. The topological polar surface area (TPSA) is 191 Å². The smallest absolute Gasteiger partial charge is 0.330 e. The average Bonchev–Trinajstić information content (AvgIpc) is 2.40. The molecule has 0 rings (SSSR count). The van der Waals surface area contributed by atoms with Crippen molar-refractivity contribution in [3.05, 3.63) is 12.2 Å². The minimum absolute atomic E-state index is 0.0129. The molecule has 0 aromatic heterocycles. The standard InChI is InChI=1S/C6H14N4O2.C5H6O4/c7-4(5(11)12)2-1-3-10-6(8)9;1-9-5(8)3-2-4(6)7/h4H,1-3,7H2,(H,11,12)(H4,8,9,10);2-3H,1H3,(H,6,7)/b;3-2+/t4-;/m0./s1. The van der Waals surface area contributed by atoms with Crippen LogP contribution in [0.2, 0.25) is 0 Å². The maximum atomic E-state index is 10.2. The van der Waals surface area contributed by atoms with Gasteiger partial charge in [-0.05, 0) is 12.8 Å². The molecule has 0 fully saturated rings. The van der Waals surface area contributed by atoms with Crippen molar-refractivity contribution in [2.24, 2.45) is 22.2 Å². The number of aliphatic imine (C=N–C) groups is 1. The highest BCUT2D eigenvalue weighted by atomic mass is 16.5. The maximum absolute atomic E-state index is 10.2. The average molecular weight is 304 g/mol. The SMILES string of the molecule is COC(=O)/C=C/C(=O)O.NC(N)=NCCC[C@H](N)C(=O)O. The van der Waals surface area contributed by atoms with Gasteiger partial charge in [0.25, 0.3) is 0 Å². The van der Waals surface area contributed by atoms with Gasteiger partial charge >= 0.3 is 17.9 Å². The first kappa shape index (κ1) is 20.7. The largest absolute Gasteiger partial charge is 0.480 e. The van der Waals surface area contributed by atoms with Crippen LogP contribution in [0.3, 0.4) is 0 Å². The number of guanidine groups is 1. The van der Waals surface area contributed by atoms with E-state index >= 15 is 0 Å². The number of methoxy groups -OCH3 is 1. The van der Waals surface area contributed by atoms with Crippen molar-refractivity contribution in [3.63, 3.8) is 0 Å². The van der Waals surface area contributed by atoms with Gasteiger partial charge in [-0.25, -0.2) is 9.59 Å². The Kier molecular flexibility index (Phi) is 12.2. The third-order valence-electron chi connectivity index (χ3n) is 1.85. The van der Waals surface area contributed by atoms with Gasteiger partial charge in [0, 0.05) is 18.7 Å². The van der Waals surface area contributed by atoms with Crippen LogP contribution in [0.1, 0.15) is 12.8 Å². The van der Waals surface area contributed by atoms with Crippen molar-refractivity contribution >= 4 is 23.9 Å². The number of carboxylic acid groups (broad SMARTS) is 2. The molecule has 0 heterocycles. The van der Waals surface area contributed by atoms with Gasteiger partial charge in [0.05, 0.1) is 7.11 Å². The van der Waals surface area contributed by atoms with E-state index in [0.717, 1.165) is 6.08 Å². The molecule has 0 unspecified atom stereocenters. The molecule has 0 aliphatic heterocycles. The fraction of sp³-hybridized carbons (Fsp3) is 0.455. The van der Waals surface area contributed by atoms with Crippen molar-refractivity contribution in [1.29, 1.82) is 0 Å². The van der Waals surface area contributed by atoms with E-state index in [1.54, 1.807) is 0 Å². The summed E-state index contributed by atoms with van der Waals surface area (Å²) >= 11 is 0. The highest BCUT2D eigenvalue weighted by Gasteiger charge is 2.09. The minimum Gasteiger partial charge on any atom is -0.480 e. The first-order valence-corrected chi connectivity index (χ1v) is 5.73. The summed E-state index contributed by atoms with van der Waals surface area (Å²) in [6.45, 7) is 0.420. The molecule has 0 aliphatic rings. The van der Waals surface area contributed by atoms with E-state index in [0.29, 0.717) is 25.5 Å². The number of carboxylic acids is 2. The first-order chi connectivity index (χ1) is 9.70. The van der Waals surface area contributed by atoms with Gasteiger partial charge in [0.15, 0.2) is 5.96 Å². The lowest BCUT2D eigenvalue weighted by molar-refractivity contribution is -0.138. The van der Waals surface area contributed by atoms with Crippen LogP contribution in [-0.4, -0.2) is 53.8 Å². The number of nitrogens with zero attached hydrogens (tertiary/aromatic N) is 1. The molecule has 0 aliphatic carbocycles. The van der Waals surface area contributed by atoms with E-state index in [9.17, 15) is 14.4 Å². The zero-order valence-electron chi connectivity index (χ0n) is 11.6. The van der Waals surface area contributed by atoms with E-state index in [-0.39, 0.29) is 5.96 Å². The van der Waals surface area contributed by atoms with Crippen molar-refractivity contribution in [3.8, 4) is 0 Å². The second-order valence-electron chi connectivity index (χ2n) is 3.59. The fourth-order valence-electron chi connectivity index (χ4n) is 0.850. The number of aliphatic carboxylic acids is 2. The normalized spacial score (nSPS) is 11.0. The second-order valence-corrected chi connectivity index (χ2v) is 3.59. The van der Waals surface area contributed by atoms with Crippen LogP contribution in [0.25, 0.3) is 0 Å². The van der Waals surface area contributed by atoms with Gasteiger partial charge in [-0.3, -0.25) is 9.79 Å². The Morgan fingerprint density at radius 2 is 1.81 bits per heavy atom. The lowest BCUT2D eigenvalue weighted by Crippen LogP contribution is -2.30. The molecule has 0 amide bonds. The Morgan fingerprint density at radius 3 is 2.19 bits per heavy atom. The summed E-state index contributed by atoms with van der Waals surface area (Å²) in [7, 11) is 1.18. The number of carbonyl (C=O) groups is 3. The predicted molar refractivity (Wildman–Crippen MR) is 74.3 cm³/mol. The zero-order valence-corrected chi connectivity index (χ0v) is 11.6. The molecule has 0 spiro atoms. The summed E-state index contributed by atoms with van der Waals surface area (Å²) in [5, 5.41) is 16.3. The number of esters is 1. The van der Waals surface area contributed by atoms with E-state index in [2.05, 4.69) is 9.73 Å². The van der Waals surface area contributed by atoms with Gasteiger partial charge in [-0.15, -0.1) is 0 Å². The number of hydrogen-bond acceptors (Lipinski definition) is 6. The van der Waals surface area contributed by atoms with E-state index in [4.69, 9.17) is 27.4 Å². The number of ether oxygens (including phenoxy) is 1. The molecule has 21 heavy (non-hydrogen) atoms. The van der Waals surface area contributed by atoms with Gasteiger partial charge in [0.1, 0.15) is 6.04 Å². The molecule has 1 atom stereocenters. The van der Waals surface area contributed by atoms with Gasteiger partial charge < -0.3 is 32.2 Å². The molecule has 0 aromatic rings. The fourth-order valence-corrected chi connectivity index (χ4v) is 0.850. The predicted octanol–water partition coefficient (Wildman–Crippen LogP) is -1.75. The molecule has 10 nitrogen and oxygen atoms in total. The Balaban J connectivity index is 0. The van der Waals surface area contributed by atoms with Crippen molar-refractivity contribution in [2.45, 2.75) is 18.9 Å². The summed E-state index contributed by atoms with van der Waals surface area (Å²) in [4.78, 5) is 33.8. The highest BCUT2D eigenvalue weighted by Crippen LogP contribution is 1.94. The van der Waals surface area contributed by atoms with E-state index in [1.807, 2.05) is 0 Å². The van der Waals surface area contributed by atoms with Gasteiger partial charge in [-0.1, -0.05) is 0 Å². The van der Waals surface area contributed by atoms with E-state index < -0.39 is 23.9 Å². The quantitative estimate of drug-likeness (QED) is 0.119. The maximum Gasteiger partial charge on any atom is 0.330 e. The Labute approximate surface area is 121 Å². The van der Waals surface area contributed by atoms with Crippen LogP contribution in [-0.2, 0) is 19.1 Å². The lowest BCUT2D eigenvalue weighted by atomic mass is 10.2. The third kappa shape index (κ3) is 17.4. The summed E-state index contributed by atoms with van der Waals surface area (Å²) in [5.74, 6) is -2.82.